The number of piperazine rings is 1. The van der Waals surface area contributed by atoms with E-state index in [2.05, 4.69) is 10.3 Å². The van der Waals surface area contributed by atoms with Gasteiger partial charge in [0.05, 0.1) is 17.5 Å². The first kappa shape index (κ1) is 18.4. The number of halogens is 2. The third-order valence-electron chi connectivity index (χ3n) is 4.59. The number of fused-ring (bicyclic) bond motifs is 1. The number of ether oxygens (including phenoxy) is 1. The van der Waals surface area contributed by atoms with Crippen LogP contribution in [0.2, 0.25) is 0 Å². The highest BCUT2D eigenvalue weighted by molar-refractivity contribution is 7.22. The SMILES string of the molecule is COc1ccccc1NC(=O)N1CCN(c2nc3c(F)cc(F)cc3s2)CC1. The number of rotatable bonds is 3. The second kappa shape index (κ2) is 7.59. The minimum Gasteiger partial charge on any atom is -0.495 e. The van der Waals surface area contributed by atoms with Gasteiger partial charge in [-0.05, 0) is 18.2 Å². The van der Waals surface area contributed by atoms with Crippen molar-refractivity contribution in [2.75, 3.05) is 43.5 Å². The standard InChI is InChI=1S/C19H18F2N4O2S/c1-27-15-5-3-2-4-14(15)22-18(26)24-6-8-25(9-7-24)19-23-17-13(21)10-12(20)11-16(17)28-19/h2-5,10-11H,6-9H2,1H3,(H,22,26). The maximum Gasteiger partial charge on any atom is 0.322 e. The zero-order valence-corrected chi connectivity index (χ0v) is 15.9. The van der Waals surface area contributed by atoms with Gasteiger partial charge < -0.3 is 19.9 Å². The lowest BCUT2D eigenvalue weighted by molar-refractivity contribution is 0.208. The summed E-state index contributed by atoms with van der Waals surface area (Å²) in [5, 5.41) is 3.49. The summed E-state index contributed by atoms with van der Waals surface area (Å²) in [5.41, 5.74) is 0.791. The van der Waals surface area contributed by atoms with Crippen LogP contribution in [0.25, 0.3) is 10.2 Å². The van der Waals surface area contributed by atoms with E-state index in [0.29, 0.717) is 47.4 Å². The van der Waals surface area contributed by atoms with Crippen LogP contribution in [0.3, 0.4) is 0 Å². The second-order valence-corrected chi connectivity index (χ2v) is 7.34. The average Bonchev–Trinajstić information content (AvgIpc) is 3.13. The molecule has 2 heterocycles. The number of nitrogens with one attached hydrogen (secondary N) is 1. The number of hydrogen-bond donors (Lipinski definition) is 1. The van der Waals surface area contributed by atoms with Crippen molar-refractivity contribution in [2.24, 2.45) is 0 Å². The van der Waals surface area contributed by atoms with E-state index in [1.807, 2.05) is 17.0 Å². The Labute approximate surface area is 164 Å². The lowest BCUT2D eigenvalue weighted by Gasteiger charge is -2.34. The normalized spacial score (nSPS) is 14.4. The molecular formula is C19H18F2N4O2S. The molecule has 146 valence electrons. The first-order valence-electron chi connectivity index (χ1n) is 8.74. The van der Waals surface area contributed by atoms with Crippen molar-refractivity contribution < 1.29 is 18.3 Å². The highest BCUT2D eigenvalue weighted by Crippen LogP contribution is 2.31. The van der Waals surface area contributed by atoms with Crippen molar-refractivity contribution in [2.45, 2.75) is 0 Å². The monoisotopic (exact) mass is 404 g/mol. The van der Waals surface area contributed by atoms with Crippen molar-refractivity contribution >= 4 is 38.4 Å². The molecule has 1 aromatic heterocycles. The Morgan fingerprint density at radius 3 is 2.68 bits per heavy atom. The van der Waals surface area contributed by atoms with Gasteiger partial charge in [0.15, 0.2) is 10.9 Å². The van der Waals surface area contributed by atoms with Crippen molar-refractivity contribution in [3.8, 4) is 5.75 Å². The third kappa shape index (κ3) is 3.57. The lowest BCUT2D eigenvalue weighted by Crippen LogP contribution is -2.50. The molecule has 0 radical (unpaired) electrons. The van der Waals surface area contributed by atoms with Crippen LogP contribution in [-0.4, -0.2) is 49.2 Å². The van der Waals surface area contributed by atoms with E-state index in [1.165, 1.54) is 17.4 Å². The molecule has 2 aromatic carbocycles. The number of methoxy groups -OCH3 is 1. The summed E-state index contributed by atoms with van der Waals surface area (Å²) < 4.78 is 33.0. The number of hydrogen-bond acceptors (Lipinski definition) is 5. The van der Waals surface area contributed by atoms with E-state index < -0.39 is 11.6 Å². The Morgan fingerprint density at radius 2 is 1.93 bits per heavy atom. The Morgan fingerprint density at radius 1 is 1.18 bits per heavy atom. The zero-order chi connectivity index (χ0) is 19.7. The predicted molar refractivity (Wildman–Crippen MR) is 105 cm³/mol. The molecule has 1 saturated heterocycles. The molecule has 1 N–H and O–H groups in total. The molecule has 28 heavy (non-hydrogen) atoms. The largest absolute Gasteiger partial charge is 0.495 e. The quantitative estimate of drug-likeness (QED) is 0.719. The molecule has 0 saturated carbocycles. The van der Waals surface area contributed by atoms with Gasteiger partial charge in [0.2, 0.25) is 0 Å². The number of anilines is 2. The molecule has 1 aliphatic rings. The van der Waals surface area contributed by atoms with E-state index in [9.17, 15) is 13.6 Å². The summed E-state index contributed by atoms with van der Waals surface area (Å²) in [6.45, 7) is 2.11. The second-order valence-electron chi connectivity index (χ2n) is 6.34. The molecular weight excluding hydrogens is 386 g/mol. The fraction of sp³-hybridized carbons (Fsp3) is 0.263. The molecule has 9 heteroatoms. The van der Waals surface area contributed by atoms with E-state index in [-0.39, 0.29) is 11.5 Å². The maximum absolute atomic E-state index is 13.9. The summed E-state index contributed by atoms with van der Waals surface area (Å²) in [4.78, 5) is 20.5. The zero-order valence-electron chi connectivity index (χ0n) is 15.1. The Bertz CT molecular complexity index is 1020. The Hall–Kier alpha value is -2.94. The van der Waals surface area contributed by atoms with E-state index in [0.717, 1.165) is 6.07 Å². The summed E-state index contributed by atoms with van der Waals surface area (Å²) >= 11 is 1.25. The van der Waals surface area contributed by atoms with Gasteiger partial charge >= 0.3 is 6.03 Å². The number of benzene rings is 2. The highest BCUT2D eigenvalue weighted by atomic mass is 32.1. The van der Waals surface area contributed by atoms with Crippen LogP contribution in [0.15, 0.2) is 36.4 Å². The Balaban J connectivity index is 1.42. The summed E-state index contributed by atoms with van der Waals surface area (Å²) in [5.74, 6) is -0.677. The van der Waals surface area contributed by atoms with Crippen LogP contribution in [0.1, 0.15) is 0 Å². The van der Waals surface area contributed by atoms with Gasteiger partial charge in [-0.1, -0.05) is 23.5 Å². The first-order chi connectivity index (χ1) is 13.5. The molecule has 3 aromatic rings. The van der Waals surface area contributed by atoms with Gasteiger partial charge in [0.25, 0.3) is 0 Å². The number of amides is 2. The van der Waals surface area contributed by atoms with Gasteiger partial charge in [-0.25, -0.2) is 18.6 Å². The minimum absolute atomic E-state index is 0.178. The molecule has 0 aliphatic carbocycles. The fourth-order valence-corrected chi connectivity index (χ4v) is 4.18. The molecule has 1 fully saturated rings. The number of nitrogens with zero attached hydrogens (tertiary/aromatic N) is 3. The molecule has 0 unspecified atom stereocenters. The van der Waals surface area contributed by atoms with Gasteiger partial charge in [0, 0.05) is 32.2 Å². The number of urea groups is 1. The third-order valence-corrected chi connectivity index (χ3v) is 5.65. The molecule has 0 atom stereocenters. The summed E-state index contributed by atoms with van der Waals surface area (Å²) in [6, 6.07) is 9.14. The average molecular weight is 404 g/mol. The number of aromatic nitrogens is 1. The van der Waals surface area contributed by atoms with Crippen molar-refractivity contribution in [3.63, 3.8) is 0 Å². The van der Waals surface area contributed by atoms with E-state index >= 15 is 0 Å². The predicted octanol–water partition coefficient (Wildman–Crippen LogP) is 3.94. The van der Waals surface area contributed by atoms with E-state index in [1.54, 1.807) is 24.1 Å². The number of carbonyl (C=O) groups is 1. The van der Waals surface area contributed by atoms with Gasteiger partial charge in [-0.2, -0.15) is 0 Å². The van der Waals surface area contributed by atoms with Crippen molar-refractivity contribution in [3.05, 3.63) is 48.0 Å². The summed E-state index contributed by atoms with van der Waals surface area (Å²) in [6.07, 6.45) is 0. The van der Waals surface area contributed by atoms with Crippen LogP contribution < -0.4 is 15.0 Å². The van der Waals surface area contributed by atoms with Crippen LogP contribution in [-0.2, 0) is 0 Å². The van der Waals surface area contributed by atoms with Crippen LogP contribution >= 0.6 is 11.3 Å². The first-order valence-corrected chi connectivity index (χ1v) is 9.56. The Kier molecular flexibility index (Phi) is 4.99. The summed E-state index contributed by atoms with van der Waals surface area (Å²) in [7, 11) is 1.55. The van der Waals surface area contributed by atoms with Crippen LogP contribution in [0.5, 0.6) is 5.75 Å². The molecule has 0 bridgehead atoms. The van der Waals surface area contributed by atoms with Gasteiger partial charge in [-0.3, -0.25) is 0 Å². The molecule has 0 spiro atoms. The van der Waals surface area contributed by atoms with Gasteiger partial charge in [-0.15, -0.1) is 0 Å². The fourth-order valence-electron chi connectivity index (χ4n) is 3.12. The van der Waals surface area contributed by atoms with Crippen molar-refractivity contribution in [1.29, 1.82) is 0 Å². The van der Waals surface area contributed by atoms with E-state index in [4.69, 9.17) is 4.74 Å². The maximum atomic E-state index is 13.9. The van der Waals surface area contributed by atoms with Crippen molar-refractivity contribution in [1.82, 2.24) is 9.88 Å². The highest BCUT2D eigenvalue weighted by Gasteiger charge is 2.24. The topological polar surface area (TPSA) is 57.7 Å². The lowest BCUT2D eigenvalue weighted by atomic mass is 10.3. The van der Waals surface area contributed by atoms with Crippen LogP contribution in [0.4, 0.5) is 24.4 Å². The smallest absolute Gasteiger partial charge is 0.322 e. The molecule has 2 amide bonds. The minimum atomic E-state index is -0.660. The molecule has 4 rings (SSSR count). The van der Waals surface area contributed by atoms with Crippen LogP contribution in [0, 0.1) is 11.6 Å². The number of thiazole rings is 1. The molecule has 1 aliphatic heterocycles. The number of para-hydroxylation sites is 2. The molecule has 6 nitrogen and oxygen atoms in total. The number of carbonyl (C=O) groups excluding carboxylic acids is 1. The van der Waals surface area contributed by atoms with Gasteiger partial charge in [0.1, 0.15) is 17.1 Å².